The molecular weight excluding hydrogens is 339 g/mol. The maximum Gasteiger partial charge on any atom is 0.163 e. The third kappa shape index (κ3) is 4.76. The Morgan fingerprint density at radius 1 is 0.778 bits per heavy atom. The van der Waals surface area contributed by atoms with Crippen LogP contribution in [0.15, 0.2) is 78.9 Å². The van der Waals surface area contributed by atoms with E-state index in [1.54, 1.807) is 0 Å². The summed E-state index contributed by atoms with van der Waals surface area (Å²) in [6.07, 6.45) is 0.453. The summed E-state index contributed by atoms with van der Waals surface area (Å²) in [5.74, 6) is -0.674. The molecule has 0 spiro atoms. The van der Waals surface area contributed by atoms with Gasteiger partial charge in [0.15, 0.2) is 11.6 Å². The predicted molar refractivity (Wildman–Crippen MR) is 105 cm³/mol. The summed E-state index contributed by atoms with van der Waals surface area (Å²) in [6.45, 7) is 1.91. The zero-order valence-corrected chi connectivity index (χ0v) is 15.2. The van der Waals surface area contributed by atoms with E-state index >= 15 is 0 Å². The Labute approximate surface area is 158 Å². The van der Waals surface area contributed by atoms with Crippen LogP contribution in [0.4, 0.5) is 4.39 Å². The van der Waals surface area contributed by atoms with E-state index in [0.717, 1.165) is 11.1 Å². The van der Waals surface area contributed by atoms with Gasteiger partial charge >= 0.3 is 0 Å². The van der Waals surface area contributed by atoms with Crippen molar-refractivity contribution in [3.8, 4) is 0 Å². The molecular formula is C24H21FO2. The van der Waals surface area contributed by atoms with Crippen LogP contribution in [0.3, 0.4) is 0 Å². The average Bonchev–Trinajstić information content (AvgIpc) is 2.69. The van der Waals surface area contributed by atoms with Crippen molar-refractivity contribution < 1.29 is 14.0 Å². The van der Waals surface area contributed by atoms with Crippen LogP contribution >= 0.6 is 0 Å². The molecule has 0 fully saturated rings. The Morgan fingerprint density at radius 2 is 1.37 bits per heavy atom. The number of ketones is 2. The van der Waals surface area contributed by atoms with Crippen molar-refractivity contribution in [1.29, 1.82) is 0 Å². The quantitative estimate of drug-likeness (QED) is 0.502. The minimum absolute atomic E-state index is 0.0221. The van der Waals surface area contributed by atoms with Crippen molar-refractivity contribution in [3.63, 3.8) is 0 Å². The lowest BCUT2D eigenvalue weighted by atomic mass is 9.85. The zero-order chi connectivity index (χ0) is 19.2. The molecule has 3 rings (SSSR count). The number of aryl methyl sites for hydroxylation is 1. The molecule has 136 valence electrons. The number of hydrogen-bond donors (Lipinski definition) is 0. The second kappa shape index (κ2) is 8.54. The fourth-order valence-corrected chi connectivity index (χ4v) is 3.23. The third-order valence-electron chi connectivity index (χ3n) is 4.75. The van der Waals surface area contributed by atoms with Gasteiger partial charge in [-0.25, -0.2) is 4.39 Å². The largest absolute Gasteiger partial charge is 0.294 e. The highest BCUT2D eigenvalue weighted by molar-refractivity contribution is 6.00. The third-order valence-corrected chi connectivity index (χ3v) is 4.75. The second-order valence-corrected chi connectivity index (χ2v) is 6.68. The molecule has 0 bridgehead atoms. The predicted octanol–water partition coefficient (Wildman–Crippen LogP) is 5.76. The first kappa shape index (κ1) is 18.7. The van der Waals surface area contributed by atoms with E-state index in [1.807, 2.05) is 61.5 Å². The molecule has 0 radical (unpaired) electrons. The van der Waals surface area contributed by atoms with Crippen LogP contribution in [-0.2, 0) is 0 Å². The molecule has 3 heteroatoms. The molecule has 0 amide bonds. The van der Waals surface area contributed by atoms with Gasteiger partial charge in [-0.1, -0.05) is 54.6 Å². The smallest absolute Gasteiger partial charge is 0.163 e. The van der Waals surface area contributed by atoms with Gasteiger partial charge < -0.3 is 0 Å². The molecule has 0 saturated carbocycles. The lowest BCUT2D eigenvalue weighted by molar-refractivity contribution is 0.0944. The normalized spacial score (nSPS) is 11.8. The van der Waals surface area contributed by atoms with E-state index in [2.05, 4.69) is 0 Å². The highest BCUT2D eigenvalue weighted by Gasteiger charge is 2.22. The molecule has 0 unspecified atom stereocenters. The highest BCUT2D eigenvalue weighted by atomic mass is 19.1. The van der Waals surface area contributed by atoms with Crippen molar-refractivity contribution in [2.45, 2.75) is 25.7 Å². The van der Waals surface area contributed by atoms with Gasteiger partial charge in [0, 0.05) is 24.0 Å². The Kier molecular flexibility index (Phi) is 5.92. The molecule has 0 aliphatic heterocycles. The molecule has 0 aromatic heterocycles. The van der Waals surface area contributed by atoms with Gasteiger partial charge in [0.25, 0.3) is 0 Å². The van der Waals surface area contributed by atoms with Crippen LogP contribution in [0, 0.1) is 12.7 Å². The number of rotatable bonds is 7. The first-order valence-electron chi connectivity index (χ1n) is 8.97. The second-order valence-electron chi connectivity index (χ2n) is 6.68. The summed E-state index contributed by atoms with van der Waals surface area (Å²) in [4.78, 5) is 25.5. The Hall–Kier alpha value is -3.07. The molecule has 0 aliphatic carbocycles. The zero-order valence-electron chi connectivity index (χ0n) is 15.2. The molecule has 3 aromatic carbocycles. The summed E-state index contributed by atoms with van der Waals surface area (Å²) >= 11 is 0. The number of Topliss-reactive ketones (excluding diaryl/α,β-unsaturated/α-hetero) is 2. The van der Waals surface area contributed by atoms with Crippen LogP contribution in [0.5, 0.6) is 0 Å². The van der Waals surface area contributed by atoms with Crippen molar-refractivity contribution in [1.82, 2.24) is 0 Å². The fourth-order valence-electron chi connectivity index (χ4n) is 3.23. The lowest BCUT2D eigenvalue weighted by Crippen LogP contribution is -2.13. The van der Waals surface area contributed by atoms with Crippen LogP contribution < -0.4 is 0 Å². The summed E-state index contributed by atoms with van der Waals surface area (Å²) < 4.78 is 13.1. The van der Waals surface area contributed by atoms with Crippen molar-refractivity contribution in [3.05, 3.63) is 107 Å². The Morgan fingerprint density at radius 3 is 2.04 bits per heavy atom. The van der Waals surface area contributed by atoms with Crippen molar-refractivity contribution in [2.24, 2.45) is 0 Å². The van der Waals surface area contributed by atoms with Crippen LogP contribution in [0.1, 0.15) is 50.6 Å². The maximum atomic E-state index is 13.1. The van der Waals surface area contributed by atoms with E-state index in [-0.39, 0.29) is 36.1 Å². The maximum absolute atomic E-state index is 13.1. The Balaban J connectivity index is 1.83. The lowest BCUT2D eigenvalue weighted by Gasteiger charge is -2.17. The van der Waals surface area contributed by atoms with Crippen LogP contribution in [0.2, 0.25) is 0 Å². The van der Waals surface area contributed by atoms with Crippen molar-refractivity contribution in [2.75, 3.05) is 0 Å². The summed E-state index contributed by atoms with van der Waals surface area (Å²) in [5.41, 5.74) is 3.03. The first-order chi connectivity index (χ1) is 13.0. The number of carbonyl (C=O) groups is 2. The minimum Gasteiger partial charge on any atom is -0.294 e. The average molecular weight is 360 g/mol. The number of benzene rings is 3. The fraction of sp³-hybridized carbons (Fsp3) is 0.167. The van der Waals surface area contributed by atoms with Gasteiger partial charge in [-0.2, -0.15) is 0 Å². The van der Waals surface area contributed by atoms with E-state index in [4.69, 9.17) is 0 Å². The van der Waals surface area contributed by atoms with Gasteiger partial charge in [-0.05, 0) is 48.2 Å². The first-order valence-corrected chi connectivity index (χ1v) is 8.97. The summed E-state index contributed by atoms with van der Waals surface area (Å²) in [5, 5.41) is 0. The number of carbonyl (C=O) groups excluding carboxylic acids is 2. The molecule has 2 nitrogen and oxygen atoms in total. The van der Waals surface area contributed by atoms with Crippen LogP contribution in [0.25, 0.3) is 0 Å². The standard InChI is InChI=1S/C24H21FO2/c1-17-7-5-6-10-22(17)24(27)16-20(18-8-3-2-4-9-18)15-23(26)19-11-13-21(25)14-12-19/h2-14,20H,15-16H2,1H3/t20-/m0/s1. The molecule has 0 saturated heterocycles. The van der Waals surface area contributed by atoms with Crippen molar-refractivity contribution >= 4 is 11.6 Å². The van der Waals surface area contributed by atoms with Gasteiger partial charge in [0.2, 0.25) is 0 Å². The van der Waals surface area contributed by atoms with E-state index < -0.39 is 0 Å². The van der Waals surface area contributed by atoms with E-state index in [0.29, 0.717) is 11.1 Å². The molecule has 3 aromatic rings. The monoisotopic (exact) mass is 360 g/mol. The van der Waals surface area contributed by atoms with Gasteiger partial charge in [0.1, 0.15) is 5.82 Å². The summed E-state index contributed by atoms with van der Waals surface area (Å²) in [7, 11) is 0. The van der Waals surface area contributed by atoms with Gasteiger partial charge in [-0.3, -0.25) is 9.59 Å². The molecule has 0 N–H and O–H groups in total. The highest BCUT2D eigenvalue weighted by Crippen LogP contribution is 2.27. The molecule has 0 heterocycles. The Bertz CT molecular complexity index is 930. The van der Waals surface area contributed by atoms with Gasteiger partial charge in [0.05, 0.1) is 0 Å². The number of hydrogen-bond acceptors (Lipinski definition) is 2. The van der Waals surface area contributed by atoms with Crippen LogP contribution in [-0.4, -0.2) is 11.6 Å². The minimum atomic E-state index is -0.374. The van der Waals surface area contributed by atoms with E-state index in [9.17, 15) is 14.0 Å². The molecule has 0 aliphatic rings. The number of halogens is 1. The molecule has 27 heavy (non-hydrogen) atoms. The summed E-state index contributed by atoms with van der Waals surface area (Å²) in [6, 6.07) is 22.6. The topological polar surface area (TPSA) is 34.1 Å². The SMILES string of the molecule is Cc1ccccc1C(=O)C[C@H](CC(=O)c1ccc(F)cc1)c1ccccc1. The van der Waals surface area contributed by atoms with Gasteiger partial charge in [-0.15, -0.1) is 0 Å². The van der Waals surface area contributed by atoms with E-state index in [1.165, 1.54) is 24.3 Å². The molecule has 1 atom stereocenters.